The van der Waals surface area contributed by atoms with Gasteiger partial charge in [0.25, 0.3) is 0 Å². The Labute approximate surface area is 109 Å². The second kappa shape index (κ2) is 5.52. The van der Waals surface area contributed by atoms with E-state index in [1.807, 2.05) is 0 Å². The summed E-state index contributed by atoms with van der Waals surface area (Å²) in [6.45, 7) is 0.0910. The lowest BCUT2D eigenvalue weighted by Crippen LogP contribution is -2.29. The second-order valence-electron chi connectivity index (χ2n) is 4.85. The van der Waals surface area contributed by atoms with Gasteiger partial charge >= 0.3 is 0 Å². The van der Waals surface area contributed by atoms with Crippen LogP contribution in [-0.4, -0.2) is 12.5 Å². The normalized spacial score (nSPS) is 21.7. The van der Waals surface area contributed by atoms with Gasteiger partial charge in [-0.05, 0) is 30.9 Å². The van der Waals surface area contributed by atoms with Gasteiger partial charge in [0.1, 0.15) is 23.2 Å². The lowest BCUT2D eigenvalue weighted by molar-refractivity contribution is -0.0585. The van der Waals surface area contributed by atoms with Gasteiger partial charge in [-0.1, -0.05) is 6.07 Å². The molecule has 0 amide bonds. The fourth-order valence-electron chi connectivity index (χ4n) is 2.36. The summed E-state index contributed by atoms with van der Waals surface area (Å²) in [5.41, 5.74) is -0.176. The SMILES string of the molecule is N#Cc1c(F)cccc1OCC1CCCC(F)(F)C1. The van der Waals surface area contributed by atoms with Crippen LogP contribution in [0.1, 0.15) is 31.2 Å². The van der Waals surface area contributed by atoms with Crippen molar-refractivity contribution in [3.8, 4) is 11.8 Å². The van der Waals surface area contributed by atoms with Crippen molar-refractivity contribution in [1.29, 1.82) is 5.26 Å². The summed E-state index contributed by atoms with van der Waals surface area (Å²) in [7, 11) is 0. The molecule has 1 fully saturated rings. The molecule has 1 aromatic rings. The summed E-state index contributed by atoms with van der Waals surface area (Å²) >= 11 is 0. The molecule has 1 unspecified atom stereocenters. The topological polar surface area (TPSA) is 33.0 Å². The van der Waals surface area contributed by atoms with Crippen LogP contribution in [0.15, 0.2) is 18.2 Å². The lowest BCUT2D eigenvalue weighted by atomic mass is 9.87. The third-order valence-electron chi connectivity index (χ3n) is 3.30. The first kappa shape index (κ1) is 13.7. The van der Waals surface area contributed by atoms with Gasteiger partial charge in [-0.25, -0.2) is 13.2 Å². The van der Waals surface area contributed by atoms with Gasteiger partial charge in [0.15, 0.2) is 0 Å². The van der Waals surface area contributed by atoms with Crippen molar-refractivity contribution >= 4 is 0 Å². The Bertz CT molecular complexity index is 496. The Morgan fingerprint density at radius 1 is 1.42 bits per heavy atom. The fourth-order valence-corrected chi connectivity index (χ4v) is 2.36. The summed E-state index contributed by atoms with van der Waals surface area (Å²) < 4.78 is 45.1. The summed E-state index contributed by atoms with van der Waals surface area (Å²) in [6.07, 6.45) is 0.860. The first-order chi connectivity index (χ1) is 9.02. The Kier molecular flexibility index (Phi) is 3.98. The molecule has 0 N–H and O–H groups in total. The predicted octanol–water partition coefficient (Wildman–Crippen LogP) is 3.90. The zero-order valence-corrected chi connectivity index (χ0v) is 10.3. The maximum atomic E-state index is 13.3. The highest BCUT2D eigenvalue weighted by Gasteiger charge is 2.36. The molecule has 0 radical (unpaired) electrons. The molecule has 1 atom stereocenters. The third-order valence-corrected chi connectivity index (χ3v) is 3.30. The first-order valence-electron chi connectivity index (χ1n) is 6.21. The van der Waals surface area contributed by atoms with Crippen LogP contribution in [-0.2, 0) is 0 Å². The number of halogens is 3. The number of alkyl halides is 2. The van der Waals surface area contributed by atoms with Crippen molar-refractivity contribution in [2.24, 2.45) is 5.92 Å². The molecule has 2 nitrogen and oxygen atoms in total. The molecule has 102 valence electrons. The standard InChI is InChI=1S/C14H14F3NO/c15-12-4-1-5-13(11(12)8-18)19-9-10-3-2-6-14(16,17)7-10/h1,4-5,10H,2-3,6-7,9H2. The van der Waals surface area contributed by atoms with Gasteiger partial charge < -0.3 is 4.74 Å². The monoisotopic (exact) mass is 269 g/mol. The smallest absolute Gasteiger partial charge is 0.248 e. The summed E-state index contributed by atoms with van der Waals surface area (Å²) in [4.78, 5) is 0. The van der Waals surface area contributed by atoms with Gasteiger partial charge in [0.05, 0.1) is 6.61 Å². The molecule has 5 heteroatoms. The van der Waals surface area contributed by atoms with E-state index in [2.05, 4.69) is 0 Å². The maximum Gasteiger partial charge on any atom is 0.248 e. The highest BCUT2D eigenvalue weighted by atomic mass is 19.3. The van der Waals surface area contributed by atoms with Gasteiger partial charge in [-0.15, -0.1) is 0 Å². The van der Waals surface area contributed by atoms with E-state index in [0.29, 0.717) is 12.8 Å². The molecule has 19 heavy (non-hydrogen) atoms. The molecule has 0 aromatic heterocycles. The Morgan fingerprint density at radius 3 is 2.89 bits per heavy atom. The minimum absolute atomic E-state index is 0.0765. The average molecular weight is 269 g/mol. The fraction of sp³-hybridized carbons (Fsp3) is 0.500. The van der Waals surface area contributed by atoms with E-state index in [4.69, 9.17) is 10.00 Å². The van der Waals surface area contributed by atoms with E-state index in [-0.39, 0.29) is 36.7 Å². The van der Waals surface area contributed by atoms with Crippen molar-refractivity contribution in [2.45, 2.75) is 31.6 Å². The van der Waals surface area contributed by atoms with Crippen LogP contribution in [0.25, 0.3) is 0 Å². The van der Waals surface area contributed by atoms with Crippen LogP contribution in [0.4, 0.5) is 13.2 Å². The van der Waals surface area contributed by atoms with E-state index < -0.39 is 11.7 Å². The van der Waals surface area contributed by atoms with E-state index in [9.17, 15) is 13.2 Å². The molecular weight excluding hydrogens is 255 g/mol. The average Bonchev–Trinajstić information content (AvgIpc) is 2.35. The van der Waals surface area contributed by atoms with Crippen LogP contribution in [0.5, 0.6) is 5.75 Å². The molecule has 0 aliphatic heterocycles. The quantitative estimate of drug-likeness (QED) is 0.833. The van der Waals surface area contributed by atoms with Gasteiger partial charge in [-0.2, -0.15) is 5.26 Å². The van der Waals surface area contributed by atoms with Crippen molar-refractivity contribution < 1.29 is 17.9 Å². The molecule has 1 aliphatic carbocycles. The highest BCUT2D eigenvalue weighted by molar-refractivity contribution is 5.43. The number of hydrogen-bond acceptors (Lipinski definition) is 2. The molecule has 0 saturated heterocycles. The minimum atomic E-state index is -2.63. The van der Waals surface area contributed by atoms with Crippen molar-refractivity contribution in [3.05, 3.63) is 29.6 Å². The molecule has 0 bridgehead atoms. The van der Waals surface area contributed by atoms with Gasteiger partial charge in [0, 0.05) is 12.8 Å². The van der Waals surface area contributed by atoms with E-state index in [0.717, 1.165) is 0 Å². The number of hydrogen-bond donors (Lipinski definition) is 0. The second-order valence-corrected chi connectivity index (χ2v) is 4.85. The summed E-state index contributed by atoms with van der Waals surface area (Å²) in [5, 5.41) is 8.83. The first-order valence-corrected chi connectivity index (χ1v) is 6.21. The van der Waals surface area contributed by atoms with Gasteiger partial charge in [-0.3, -0.25) is 0 Å². The highest BCUT2D eigenvalue weighted by Crippen LogP contribution is 2.37. The van der Waals surface area contributed by atoms with Crippen LogP contribution < -0.4 is 4.74 Å². The summed E-state index contributed by atoms with van der Waals surface area (Å²) in [6, 6.07) is 5.79. The maximum absolute atomic E-state index is 13.3. The molecular formula is C14H14F3NO. The largest absolute Gasteiger partial charge is 0.492 e. The Hall–Kier alpha value is -1.70. The van der Waals surface area contributed by atoms with Gasteiger partial charge in [0.2, 0.25) is 5.92 Å². The number of nitrogens with zero attached hydrogens (tertiary/aromatic N) is 1. The zero-order chi connectivity index (χ0) is 13.9. The molecule has 0 spiro atoms. The summed E-state index contributed by atoms with van der Waals surface area (Å²) in [5.74, 6) is -3.42. The van der Waals surface area contributed by atoms with E-state index in [1.165, 1.54) is 18.2 Å². The van der Waals surface area contributed by atoms with Crippen molar-refractivity contribution in [2.75, 3.05) is 6.61 Å². The lowest BCUT2D eigenvalue weighted by Gasteiger charge is -2.28. The number of nitriles is 1. The third kappa shape index (κ3) is 3.40. The van der Waals surface area contributed by atoms with Crippen LogP contribution >= 0.6 is 0 Å². The van der Waals surface area contributed by atoms with Crippen LogP contribution in [0.3, 0.4) is 0 Å². The molecule has 2 rings (SSSR count). The molecule has 1 aromatic carbocycles. The van der Waals surface area contributed by atoms with E-state index >= 15 is 0 Å². The minimum Gasteiger partial charge on any atom is -0.492 e. The number of ether oxygens (including phenoxy) is 1. The molecule has 1 aliphatic rings. The van der Waals surface area contributed by atoms with Crippen molar-refractivity contribution in [3.63, 3.8) is 0 Å². The van der Waals surface area contributed by atoms with Crippen LogP contribution in [0, 0.1) is 23.1 Å². The predicted molar refractivity (Wildman–Crippen MR) is 63.5 cm³/mol. The molecule has 0 heterocycles. The zero-order valence-electron chi connectivity index (χ0n) is 10.3. The van der Waals surface area contributed by atoms with Crippen molar-refractivity contribution in [1.82, 2.24) is 0 Å². The Morgan fingerprint density at radius 2 is 2.21 bits per heavy atom. The van der Waals surface area contributed by atoms with E-state index in [1.54, 1.807) is 6.07 Å². The molecule has 1 saturated carbocycles. The Balaban J connectivity index is 2.00. The van der Waals surface area contributed by atoms with Crippen LogP contribution in [0.2, 0.25) is 0 Å². The number of benzene rings is 1. The number of rotatable bonds is 3.